The Hall–Kier alpha value is -0.650. The predicted octanol–water partition coefficient (Wildman–Crippen LogP) is -1.17. The molecule has 0 radical (unpaired) electrons. The van der Waals surface area contributed by atoms with Crippen molar-refractivity contribution in [3.05, 3.63) is 0 Å². The van der Waals surface area contributed by atoms with Crippen LogP contribution in [0.4, 0.5) is 0 Å². The number of piperazine rings is 1. The highest BCUT2D eigenvalue weighted by atomic mass is 16.1. The van der Waals surface area contributed by atoms with Gasteiger partial charge in [0.15, 0.2) is 0 Å². The Bertz CT molecular complexity index is 202. The summed E-state index contributed by atoms with van der Waals surface area (Å²) in [5.74, 6) is -0.204. The van der Waals surface area contributed by atoms with Gasteiger partial charge in [-0.3, -0.25) is 14.6 Å². The van der Waals surface area contributed by atoms with Crippen molar-refractivity contribution in [2.45, 2.75) is 19.4 Å². The fraction of sp³-hybridized carbons (Fsp3) is 0.900. The third-order valence-corrected chi connectivity index (χ3v) is 3.01. The topological polar surface area (TPSA) is 75.6 Å². The van der Waals surface area contributed by atoms with Crippen molar-refractivity contribution in [3.8, 4) is 0 Å². The molecule has 1 aliphatic rings. The van der Waals surface area contributed by atoms with Crippen LogP contribution in [0.5, 0.6) is 0 Å². The number of nitrogens with two attached hydrogens (primary N) is 2. The lowest BCUT2D eigenvalue weighted by molar-refractivity contribution is -0.124. The van der Waals surface area contributed by atoms with Gasteiger partial charge in [-0.25, -0.2) is 0 Å². The fourth-order valence-electron chi connectivity index (χ4n) is 2.12. The number of primary amides is 1. The zero-order valence-electron chi connectivity index (χ0n) is 9.48. The third kappa shape index (κ3) is 3.44. The standard InChI is InChI=1S/C10H22N4O/c1-2-9(10(12)15)14-7-5-13(4-3-11)6-8-14/h9H,2-8,11H2,1H3,(H2,12,15). The summed E-state index contributed by atoms with van der Waals surface area (Å²) in [6.07, 6.45) is 0.798. The van der Waals surface area contributed by atoms with E-state index in [1.807, 2.05) is 6.92 Å². The Kier molecular flexibility index (Phi) is 5.01. The highest BCUT2D eigenvalue weighted by Gasteiger charge is 2.25. The molecule has 1 unspecified atom stereocenters. The molecule has 1 heterocycles. The van der Waals surface area contributed by atoms with Crippen molar-refractivity contribution in [3.63, 3.8) is 0 Å². The van der Waals surface area contributed by atoms with Gasteiger partial charge in [0, 0.05) is 39.3 Å². The molecule has 5 heteroatoms. The minimum Gasteiger partial charge on any atom is -0.368 e. The van der Waals surface area contributed by atoms with E-state index >= 15 is 0 Å². The van der Waals surface area contributed by atoms with Gasteiger partial charge in [0.25, 0.3) is 0 Å². The van der Waals surface area contributed by atoms with Crippen molar-refractivity contribution >= 4 is 5.91 Å². The highest BCUT2D eigenvalue weighted by molar-refractivity contribution is 5.79. The predicted molar refractivity (Wildman–Crippen MR) is 60.3 cm³/mol. The van der Waals surface area contributed by atoms with E-state index in [1.165, 1.54) is 0 Å². The van der Waals surface area contributed by atoms with E-state index in [0.717, 1.165) is 39.1 Å². The molecule has 1 saturated heterocycles. The molecule has 1 rings (SSSR count). The van der Waals surface area contributed by atoms with Crippen LogP contribution in [0.2, 0.25) is 0 Å². The summed E-state index contributed by atoms with van der Waals surface area (Å²) in [6, 6.07) is -0.0926. The summed E-state index contributed by atoms with van der Waals surface area (Å²) in [5.41, 5.74) is 10.9. The van der Waals surface area contributed by atoms with Crippen LogP contribution < -0.4 is 11.5 Å². The Labute approximate surface area is 91.4 Å². The van der Waals surface area contributed by atoms with Crippen LogP contribution in [0.3, 0.4) is 0 Å². The average molecular weight is 214 g/mol. The quantitative estimate of drug-likeness (QED) is 0.604. The van der Waals surface area contributed by atoms with Gasteiger partial charge in [-0.1, -0.05) is 6.92 Å². The maximum Gasteiger partial charge on any atom is 0.234 e. The first-order valence-corrected chi connectivity index (χ1v) is 5.64. The van der Waals surface area contributed by atoms with E-state index < -0.39 is 0 Å². The molecular formula is C10H22N4O. The lowest BCUT2D eigenvalue weighted by Crippen LogP contribution is -2.54. The van der Waals surface area contributed by atoms with Crippen LogP contribution in [-0.2, 0) is 4.79 Å². The smallest absolute Gasteiger partial charge is 0.234 e. The Morgan fingerprint density at radius 3 is 2.33 bits per heavy atom. The first-order valence-electron chi connectivity index (χ1n) is 5.64. The average Bonchev–Trinajstić information content (AvgIpc) is 2.21. The summed E-state index contributed by atoms with van der Waals surface area (Å²) in [6.45, 7) is 7.46. The van der Waals surface area contributed by atoms with Gasteiger partial charge in [-0.15, -0.1) is 0 Å². The first-order chi connectivity index (χ1) is 7.19. The molecule has 0 bridgehead atoms. The maximum atomic E-state index is 11.2. The molecule has 1 fully saturated rings. The van der Waals surface area contributed by atoms with Crippen molar-refractivity contribution < 1.29 is 4.79 Å². The van der Waals surface area contributed by atoms with E-state index in [-0.39, 0.29) is 11.9 Å². The molecule has 0 aromatic rings. The minimum absolute atomic E-state index is 0.0926. The van der Waals surface area contributed by atoms with Gasteiger partial charge in [-0.05, 0) is 6.42 Å². The summed E-state index contributed by atoms with van der Waals surface area (Å²) < 4.78 is 0. The number of carbonyl (C=O) groups is 1. The van der Waals surface area contributed by atoms with Crippen LogP contribution >= 0.6 is 0 Å². The molecule has 88 valence electrons. The number of nitrogens with zero attached hydrogens (tertiary/aromatic N) is 2. The number of carbonyl (C=O) groups excluding carboxylic acids is 1. The molecule has 0 aromatic carbocycles. The van der Waals surface area contributed by atoms with Crippen molar-refractivity contribution in [1.29, 1.82) is 0 Å². The van der Waals surface area contributed by atoms with Gasteiger partial charge < -0.3 is 11.5 Å². The molecule has 1 aliphatic heterocycles. The molecule has 0 saturated carbocycles. The summed E-state index contributed by atoms with van der Waals surface area (Å²) in [5, 5.41) is 0. The van der Waals surface area contributed by atoms with Gasteiger partial charge in [0.1, 0.15) is 0 Å². The van der Waals surface area contributed by atoms with Crippen LogP contribution in [0.1, 0.15) is 13.3 Å². The zero-order valence-corrected chi connectivity index (χ0v) is 9.48. The SMILES string of the molecule is CCC(C(N)=O)N1CCN(CCN)CC1. The van der Waals surface area contributed by atoms with Gasteiger partial charge in [-0.2, -0.15) is 0 Å². The summed E-state index contributed by atoms with van der Waals surface area (Å²) in [4.78, 5) is 15.7. The molecule has 1 atom stereocenters. The zero-order chi connectivity index (χ0) is 11.3. The molecule has 15 heavy (non-hydrogen) atoms. The highest BCUT2D eigenvalue weighted by Crippen LogP contribution is 2.08. The molecule has 0 spiro atoms. The van der Waals surface area contributed by atoms with E-state index in [4.69, 9.17) is 11.5 Å². The first kappa shape index (κ1) is 12.4. The number of amides is 1. The van der Waals surface area contributed by atoms with E-state index in [1.54, 1.807) is 0 Å². The lowest BCUT2D eigenvalue weighted by atomic mass is 10.1. The molecular weight excluding hydrogens is 192 g/mol. The normalized spacial score (nSPS) is 21.5. The number of hydrogen-bond acceptors (Lipinski definition) is 4. The van der Waals surface area contributed by atoms with Crippen molar-refractivity contribution in [2.24, 2.45) is 11.5 Å². The van der Waals surface area contributed by atoms with Gasteiger partial charge in [0.2, 0.25) is 5.91 Å². The molecule has 1 amide bonds. The summed E-state index contributed by atoms with van der Waals surface area (Å²) >= 11 is 0. The van der Waals surface area contributed by atoms with Crippen molar-refractivity contribution in [2.75, 3.05) is 39.3 Å². The lowest BCUT2D eigenvalue weighted by Gasteiger charge is -2.37. The van der Waals surface area contributed by atoms with E-state index in [0.29, 0.717) is 6.54 Å². The summed E-state index contributed by atoms with van der Waals surface area (Å²) in [7, 11) is 0. The number of hydrogen-bond donors (Lipinski definition) is 2. The van der Waals surface area contributed by atoms with Gasteiger partial charge in [0.05, 0.1) is 6.04 Å². The maximum absolute atomic E-state index is 11.2. The molecule has 5 nitrogen and oxygen atoms in total. The second-order valence-electron chi connectivity index (χ2n) is 3.99. The number of rotatable bonds is 5. The molecule has 0 aromatic heterocycles. The Morgan fingerprint density at radius 1 is 1.33 bits per heavy atom. The van der Waals surface area contributed by atoms with Crippen LogP contribution in [0.25, 0.3) is 0 Å². The monoisotopic (exact) mass is 214 g/mol. The van der Waals surface area contributed by atoms with Gasteiger partial charge >= 0.3 is 0 Å². The molecule has 4 N–H and O–H groups in total. The Balaban J connectivity index is 2.38. The van der Waals surface area contributed by atoms with Crippen LogP contribution in [-0.4, -0.2) is 61.0 Å². The third-order valence-electron chi connectivity index (χ3n) is 3.01. The van der Waals surface area contributed by atoms with Crippen LogP contribution in [0.15, 0.2) is 0 Å². The molecule has 0 aliphatic carbocycles. The second-order valence-corrected chi connectivity index (χ2v) is 3.99. The van der Waals surface area contributed by atoms with E-state index in [9.17, 15) is 4.79 Å². The Morgan fingerprint density at radius 2 is 1.93 bits per heavy atom. The second kappa shape index (κ2) is 6.05. The minimum atomic E-state index is -0.204. The largest absolute Gasteiger partial charge is 0.368 e. The van der Waals surface area contributed by atoms with Crippen molar-refractivity contribution in [1.82, 2.24) is 9.80 Å². The van der Waals surface area contributed by atoms with Crippen LogP contribution in [0, 0.1) is 0 Å². The van der Waals surface area contributed by atoms with E-state index in [2.05, 4.69) is 9.80 Å². The fourth-order valence-corrected chi connectivity index (χ4v) is 2.12.